The summed E-state index contributed by atoms with van der Waals surface area (Å²) in [5.74, 6) is 0.562. The summed E-state index contributed by atoms with van der Waals surface area (Å²) >= 11 is 0. The molecule has 0 fully saturated rings. The average Bonchev–Trinajstić information content (AvgIpc) is 2.34. The molecule has 21 heavy (non-hydrogen) atoms. The first-order valence-electron chi connectivity index (χ1n) is 5.96. The van der Waals surface area contributed by atoms with E-state index in [-0.39, 0.29) is 6.61 Å². The minimum atomic E-state index is -9.60. The molecule has 0 heterocycles. The monoisotopic (exact) mass is 324 g/mol. The molecule has 0 aliphatic rings. The zero-order valence-corrected chi connectivity index (χ0v) is 11.8. The van der Waals surface area contributed by atoms with Gasteiger partial charge in [-0.2, -0.15) is 0 Å². The maximum absolute atomic E-state index is 12.5. The van der Waals surface area contributed by atoms with Gasteiger partial charge in [0, 0.05) is 0 Å². The number of aryl methyl sites for hydroxylation is 1. The van der Waals surface area contributed by atoms with Crippen LogP contribution in [0.5, 0.6) is 5.75 Å². The lowest BCUT2D eigenvalue weighted by molar-refractivity contribution is 0.305. The van der Waals surface area contributed by atoms with Crippen molar-refractivity contribution in [1.82, 2.24) is 0 Å². The Morgan fingerprint density at radius 3 is 2.05 bits per heavy atom. The summed E-state index contributed by atoms with van der Waals surface area (Å²) in [6.45, 7) is 1.88. The van der Waals surface area contributed by atoms with E-state index in [1.165, 1.54) is 0 Å². The van der Waals surface area contributed by atoms with E-state index in [0.29, 0.717) is 23.4 Å². The number of rotatable bonds is 4. The number of benzene rings is 2. The maximum Gasteiger partial charge on any atom is 0.310 e. The predicted molar refractivity (Wildman–Crippen MR) is 73.4 cm³/mol. The summed E-state index contributed by atoms with van der Waals surface area (Å²) in [5, 5.41) is 0. The number of halogens is 5. The van der Waals surface area contributed by atoms with Crippen molar-refractivity contribution < 1.29 is 24.2 Å². The van der Waals surface area contributed by atoms with Gasteiger partial charge in [-0.25, -0.2) is 0 Å². The van der Waals surface area contributed by atoms with Crippen molar-refractivity contribution in [3.63, 3.8) is 0 Å². The Bertz CT molecular complexity index is 649. The van der Waals surface area contributed by atoms with Crippen LogP contribution in [0.15, 0.2) is 53.4 Å². The van der Waals surface area contributed by atoms with E-state index in [1.807, 2.05) is 13.0 Å². The van der Waals surface area contributed by atoms with Gasteiger partial charge < -0.3 is 4.74 Å². The third kappa shape index (κ3) is 4.35. The summed E-state index contributed by atoms with van der Waals surface area (Å²) in [5.41, 5.74) is 1.35. The second-order valence-corrected chi connectivity index (χ2v) is 7.13. The molecule has 116 valence electrons. The lowest BCUT2D eigenvalue weighted by Gasteiger charge is -2.40. The molecule has 0 bridgehead atoms. The first kappa shape index (κ1) is 15.6. The molecule has 0 N–H and O–H groups in total. The summed E-state index contributed by atoms with van der Waals surface area (Å²) in [6, 6.07) is 9.87. The van der Waals surface area contributed by atoms with Crippen LogP contribution < -0.4 is 4.74 Å². The number of hydrogen-bond donors (Lipinski definition) is 0. The molecule has 0 aliphatic heterocycles. The van der Waals surface area contributed by atoms with Crippen LogP contribution in [-0.2, 0) is 6.61 Å². The van der Waals surface area contributed by atoms with Gasteiger partial charge in [0.2, 0.25) is 0 Å². The van der Waals surface area contributed by atoms with Crippen molar-refractivity contribution in [2.45, 2.75) is 18.4 Å². The molecule has 0 saturated heterocycles. The van der Waals surface area contributed by atoms with E-state index in [9.17, 15) is 19.4 Å². The largest absolute Gasteiger partial charge is 0.489 e. The number of ether oxygens (including phenoxy) is 1. The summed E-state index contributed by atoms with van der Waals surface area (Å²) in [7, 11) is -9.60. The molecule has 2 aromatic rings. The van der Waals surface area contributed by atoms with Crippen LogP contribution in [0.4, 0.5) is 19.4 Å². The minimum Gasteiger partial charge on any atom is -0.489 e. The van der Waals surface area contributed by atoms with Gasteiger partial charge in [-0.3, -0.25) is 0 Å². The van der Waals surface area contributed by atoms with Crippen molar-refractivity contribution >= 4 is 10.2 Å². The molecule has 0 unspecified atom stereocenters. The molecular weight excluding hydrogens is 311 g/mol. The zero-order valence-electron chi connectivity index (χ0n) is 11.0. The third-order valence-corrected chi connectivity index (χ3v) is 3.93. The zero-order chi connectivity index (χ0) is 15.8. The second kappa shape index (κ2) is 4.37. The molecule has 0 amide bonds. The van der Waals surface area contributed by atoms with Gasteiger partial charge in [0.05, 0.1) is 0 Å². The molecule has 1 nitrogen and oxygen atoms in total. The van der Waals surface area contributed by atoms with Gasteiger partial charge in [0.1, 0.15) is 17.3 Å². The summed E-state index contributed by atoms with van der Waals surface area (Å²) in [4.78, 5) is -1.89. The van der Waals surface area contributed by atoms with E-state index in [1.54, 1.807) is 18.2 Å². The highest BCUT2D eigenvalue weighted by Gasteiger charge is 2.65. The Kier molecular flexibility index (Phi) is 3.25. The van der Waals surface area contributed by atoms with Gasteiger partial charge in [-0.15, -0.1) is 0 Å². The van der Waals surface area contributed by atoms with Gasteiger partial charge in [-0.05, 0) is 42.3 Å². The van der Waals surface area contributed by atoms with E-state index < -0.39 is 15.1 Å². The van der Waals surface area contributed by atoms with E-state index in [4.69, 9.17) is 4.74 Å². The smallest absolute Gasteiger partial charge is 0.310 e. The van der Waals surface area contributed by atoms with E-state index in [2.05, 4.69) is 0 Å². The minimum absolute atomic E-state index is 0.00402. The van der Waals surface area contributed by atoms with Gasteiger partial charge >= 0.3 is 10.2 Å². The summed E-state index contributed by atoms with van der Waals surface area (Å²) < 4.78 is 68.1. The molecule has 0 aliphatic carbocycles. The Balaban J connectivity index is 2.11. The predicted octanol–water partition coefficient (Wildman–Crippen LogP) is 6.23. The molecule has 0 atom stereocenters. The SMILES string of the molecule is Cc1cccc(OCc2ccc(S(F)(F)(F)(F)F)cc2)c1. The first-order valence-corrected chi connectivity index (χ1v) is 7.92. The number of hydrogen-bond acceptors (Lipinski definition) is 1. The van der Waals surface area contributed by atoms with Crippen LogP contribution >= 0.6 is 10.2 Å². The lowest BCUT2D eigenvalue weighted by atomic mass is 10.2. The molecular formula is C14H13F5OS. The van der Waals surface area contributed by atoms with E-state index >= 15 is 0 Å². The second-order valence-electron chi connectivity index (χ2n) is 4.72. The standard InChI is InChI=1S/C14H13F5OS/c1-11-3-2-4-13(9-11)20-10-12-5-7-14(8-6-12)21(15,16,17,18)19/h2-9H,10H2,1H3. The van der Waals surface area contributed by atoms with Gasteiger partial charge in [0.15, 0.2) is 0 Å². The van der Waals surface area contributed by atoms with Crippen molar-refractivity contribution in [1.29, 1.82) is 0 Å². The van der Waals surface area contributed by atoms with Crippen LogP contribution in [0.1, 0.15) is 11.1 Å². The van der Waals surface area contributed by atoms with Crippen molar-refractivity contribution in [3.05, 3.63) is 59.7 Å². The fraction of sp³-hybridized carbons (Fsp3) is 0.143. The van der Waals surface area contributed by atoms with Crippen LogP contribution in [-0.4, -0.2) is 0 Å². The Hall–Kier alpha value is -1.76. The van der Waals surface area contributed by atoms with Gasteiger partial charge in [0.25, 0.3) is 0 Å². The van der Waals surface area contributed by atoms with Crippen LogP contribution in [0, 0.1) is 6.92 Å². The molecule has 0 spiro atoms. The Morgan fingerprint density at radius 2 is 1.52 bits per heavy atom. The van der Waals surface area contributed by atoms with Crippen LogP contribution in [0.3, 0.4) is 0 Å². The molecule has 0 aromatic heterocycles. The maximum atomic E-state index is 12.5. The lowest BCUT2D eigenvalue weighted by Crippen LogP contribution is -2.06. The van der Waals surface area contributed by atoms with Crippen molar-refractivity contribution in [3.8, 4) is 5.75 Å². The van der Waals surface area contributed by atoms with Crippen molar-refractivity contribution in [2.75, 3.05) is 0 Å². The van der Waals surface area contributed by atoms with E-state index in [0.717, 1.165) is 17.7 Å². The highest BCUT2D eigenvalue weighted by molar-refractivity contribution is 8.45. The summed E-state index contributed by atoms with van der Waals surface area (Å²) in [6.07, 6.45) is 0. The first-order chi connectivity index (χ1) is 9.44. The molecule has 0 radical (unpaired) electrons. The highest BCUT2D eigenvalue weighted by Crippen LogP contribution is 3.02. The van der Waals surface area contributed by atoms with Crippen LogP contribution in [0.25, 0.3) is 0 Å². The third-order valence-electron chi connectivity index (χ3n) is 2.76. The average molecular weight is 324 g/mol. The fourth-order valence-electron chi connectivity index (χ4n) is 1.71. The molecule has 2 aromatic carbocycles. The molecule has 2 rings (SSSR count). The topological polar surface area (TPSA) is 9.23 Å². The fourth-order valence-corrected chi connectivity index (χ4v) is 2.37. The van der Waals surface area contributed by atoms with Crippen molar-refractivity contribution in [2.24, 2.45) is 0 Å². The Morgan fingerprint density at radius 1 is 0.905 bits per heavy atom. The Labute approximate surface area is 119 Å². The molecule has 7 heteroatoms. The van der Waals surface area contributed by atoms with Crippen LogP contribution in [0.2, 0.25) is 0 Å². The normalized spacial score (nSPS) is 15.1. The highest BCUT2D eigenvalue weighted by atomic mass is 32.5. The van der Waals surface area contributed by atoms with Gasteiger partial charge in [-0.1, -0.05) is 43.7 Å². The molecule has 0 saturated carbocycles. The quantitative estimate of drug-likeness (QED) is 0.606.